The van der Waals surface area contributed by atoms with Gasteiger partial charge >= 0.3 is 0 Å². The van der Waals surface area contributed by atoms with E-state index in [9.17, 15) is 0 Å². The van der Waals surface area contributed by atoms with Crippen LogP contribution >= 0.6 is 11.8 Å². The van der Waals surface area contributed by atoms with Crippen LogP contribution in [0.1, 0.15) is 17.5 Å². The quantitative estimate of drug-likeness (QED) is 0.842. The number of nitrogens with zero attached hydrogens (tertiary/aromatic N) is 1. The van der Waals surface area contributed by atoms with Crippen LogP contribution in [-0.2, 0) is 13.0 Å². The van der Waals surface area contributed by atoms with E-state index in [-0.39, 0.29) is 0 Å². The molecule has 3 rings (SSSR count). The first-order valence-corrected chi connectivity index (χ1v) is 8.70. The van der Waals surface area contributed by atoms with Crippen molar-refractivity contribution in [2.45, 2.75) is 24.3 Å². The van der Waals surface area contributed by atoms with Crippen LogP contribution in [0.4, 0.5) is 11.4 Å². The van der Waals surface area contributed by atoms with Crippen molar-refractivity contribution >= 4 is 23.1 Å². The van der Waals surface area contributed by atoms with E-state index in [2.05, 4.69) is 66.0 Å². The second-order valence-electron chi connectivity index (χ2n) is 5.54. The molecule has 0 bridgehead atoms. The summed E-state index contributed by atoms with van der Waals surface area (Å²) in [5, 5.41) is 3.56. The standard InChI is InChI=1S/C18H22N2S/c1-20-11-5-6-15-12-14(9-10-17(15)20)13-19-16-7-3-4-8-18(16)21-2/h3-4,7-10,12,19H,5-6,11,13H2,1-2H3. The Labute approximate surface area is 131 Å². The van der Waals surface area contributed by atoms with E-state index in [0.717, 1.165) is 6.54 Å². The van der Waals surface area contributed by atoms with Crippen molar-refractivity contribution < 1.29 is 0 Å². The number of hydrogen-bond donors (Lipinski definition) is 1. The molecule has 0 spiro atoms. The maximum Gasteiger partial charge on any atom is 0.0480 e. The molecule has 0 unspecified atom stereocenters. The third kappa shape index (κ3) is 3.18. The van der Waals surface area contributed by atoms with Gasteiger partial charge in [-0.1, -0.05) is 24.3 Å². The fourth-order valence-electron chi connectivity index (χ4n) is 2.94. The first kappa shape index (κ1) is 14.3. The fraction of sp³-hybridized carbons (Fsp3) is 0.333. The highest BCUT2D eigenvalue weighted by Crippen LogP contribution is 2.28. The van der Waals surface area contributed by atoms with E-state index >= 15 is 0 Å². The summed E-state index contributed by atoms with van der Waals surface area (Å²) in [6, 6.07) is 15.4. The lowest BCUT2D eigenvalue weighted by Gasteiger charge is -2.28. The van der Waals surface area contributed by atoms with Crippen molar-refractivity contribution in [2.75, 3.05) is 30.1 Å². The lowest BCUT2D eigenvalue weighted by Crippen LogP contribution is -2.24. The molecule has 2 aromatic carbocycles. The molecule has 0 saturated heterocycles. The average molecular weight is 298 g/mol. The topological polar surface area (TPSA) is 15.3 Å². The summed E-state index contributed by atoms with van der Waals surface area (Å²) in [4.78, 5) is 3.66. The molecule has 0 atom stereocenters. The molecule has 1 aliphatic rings. The van der Waals surface area contributed by atoms with Crippen LogP contribution in [0.25, 0.3) is 0 Å². The zero-order valence-corrected chi connectivity index (χ0v) is 13.5. The Bertz CT molecular complexity index is 624. The molecule has 0 fully saturated rings. The highest BCUT2D eigenvalue weighted by Gasteiger charge is 2.13. The van der Waals surface area contributed by atoms with E-state index in [0.29, 0.717) is 0 Å². The number of nitrogens with one attached hydrogen (secondary N) is 1. The molecule has 0 aliphatic carbocycles. The van der Waals surface area contributed by atoms with Gasteiger partial charge in [0.25, 0.3) is 0 Å². The molecule has 1 aliphatic heterocycles. The van der Waals surface area contributed by atoms with Gasteiger partial charge in [0.05, 0.1) is 0 Å². The van der Waals surface area contributed by atoms with Gasteiger partial charge in [0, 0.05) is 36.4 Å². The van der Waals surface area contributed by atoms with Gasteiger partial charge in [-0.05, 0) is 48.4 Å². The third-order valence-electron chi connectivity index (χ3n) is 4.08. The Morgan fingerprint density at radius 3 is 2.90 bits per heavy atom. The minimum Gasteiger partial charge on any atom is -0.380 e. The summed E-state index contributed by atoms with van der Waals surface area (Å²) in [6.07, 6.45) is 4.58. The summed E-state index contributed by atoms with van der Waals surface area (Å²) in [5.74, 6) is 0. The summed E-state index contributed by atoms with van der Waals surface area (Å²) in [7, 11) is 2.19. The van der Waals surface area contributed by atoms with Crippen LogP contribution in [-0.4, -0.2) is 19.8 Å². The first-order valence-electron chi connectivity index (χ1n) is 7.48. The van der Waals surface area contributed by atoms with Gasteiger partial charge in [-0.25, -0.2) is 0 Å². The molecular formula is C18H22N2S. The predicted molar refractivity (Wildman–Crippen MR) is 93.6 cm³/mol. The molecule has 2 nitrogen and oxygen atoms in total. The zero-order chi connectivity index (χ0) is 14.7. The molecule has 1 heterocycles. The Kier molecular flexibility index (Phi) is 4.39. The summed E-state index contributed by atoms with van der Waals surface area (Å²) < 4.78 is 0. The monoisotopic (exact) mass is 298 g/mol. The predicted octanol–water partition coefficient (Wildman–Crippen LogP) is 4.40. The van der Waals surface area contributed by atoms with Crippen molar-refractivity contribution in [3.63, 3.8) is 0 Å². The number of thioether (sulfide) groups is 1. The lowest BCUT2D eigenvalue weighted by atomic mass is 9.99. The molecular weight excluding hydrogens is 276 g/mol. The number of anilines is 2. The molecule has 3 heteroatoms. The molecule has 0 amide bonds. The normalized spacial score (nSPS) is 13.9. The van der Waals surface area contributed by atoms with Gasteiger partial charge in [-0.2, -0.15) is 0 Å². The van der Waals surface area contributed by atoms with Gasteiger partial charge < -0.3 is 10.2 Å². The molecule has 2 aromatic rings. The first-order chi connectivity index (χ1) is 10.3. The Balaban J connectivity index is 1.74. The molecule has 1 N–H and O–H groups in total. The summed E-state index contributed by atoms with van der Waals surface area (Å²) >= 11 is 1.78. The van der Waals surface area contributed by atoms with Crippen molar-refractivity contribution in [3.8, 4) is 0 Å². The van der Waals surface area contributed by atoms with Crippen LogP contribution in [0.2, 0.25) is 0 Å². The van der Waals surface area contributed by atoms with Gasteiger partial charge in [0.15, 0.2) is 0 Å². The zero-order valence-electron chi connectivity index (χ0n) is 12.7. The number of fused-ring (bicyclic) bond motifs is 1. The smallest absolute Gasteiger partial charge is 0.0480 e. The molecule has 0 aromatic heterocycles. The third-order valence-corrected chi connectivity index (χ3v) is 4.88. The largest absolute Gasteiger partial charge is 0.380 e. The number of hydrogen-bond acceptors (Lipinski definition) is 3. The van der Waals surface area contributed by atoms with E-state index in [1.807, 2.05) is 0 Å². The second-order valence-corrected chi connectivity index (χ2v) is 6.39. The molecule has 0 saturated carbocycles. The van der Waals surface area contributed by atoms with Crippen molar-refractivity contribution in [2.24, 2.45) is 0 Å². The number of benzene rings is 2. The van der Waals surface area contributed by atoms with Crippen molar-refractivity contribution in [1.29, 1.82) is 0 Å². The minimum atomic E-state index is 0.883. The molecule has 110 valence electrons. The van der Waals surface area contributed by atoms with Gasteiger partial charge in [0.1, 0.15) is 0 Å². The van der Waals surface area contributed by atoms with E-state index < -0.39 is 0 Å². The highest BCUT2D eigenvalue weighted by atomic mass is 32.2. The molecule has 21 heavy (non-hydrogen) atoms. The van der Waals surface area contributed by atoms with Gasteiger partial charge in [0.2, 0.25) is 0 Å². The van der Waals surface area contributed by atoms with Crippen LogP contribution in [0.3, 0.4) is 0 Å². The number of para-hydroxylation sites is 1. The Morgan fingerprint density at radius 1 is 1.19 bits per heavy atom. The maximum absolute atomic E-state index is 3.56. The average Bonchev–Trinajstić information content (AvgIpc) is 2.53. The Hall–Kier alpha value is -1.61. The van der Waals surface area contributed by atoms with Crippen LogP contribution in [0.5, 0.6) is 0 Å². The lowest BCUT2D eigenvalue weighted by molar-refractivity contribution is 0.743. The maximum atomic E-state index is 3.56. The summed E-state index contributed by atoms with van der Waals surface area (Å²) in [5.41, 5.74) is 5.47. The van der Waals surface area contributed by atoms with E-state index in [4.69, 9.17) is 0 Å². The van der Waals surface area contributed by atoms with Crippen molar-refractivity contribution in [3.05, 3.63) is 53.6 Å². The molecule has 0 radical (unpaired) electrons. The van der Waals surface area contributed by atoms with E-state index in [1.165, 1.54) is 46.8 Å². The SMILES string of the molecule is CSc1ccccc1NCc1ccc2c(c1)CCCN2C. The fourth-order valence-corrected chi connectivity index (χ4v) is 3.51. The number of rotatable bonds is 4. The summed E-state index contributed by atoms with van der Waals surface area (Å²) in [6.45, 7) is 2.06. The number of aryl methyl sites for hydroxylation is 1. The van der Waals surface area contributed by atoms with Crippen LogP contribution < -0.4 is 10.2 Å². The van der Waals surface area contributed by atoms with Crippen molar-refractivity contribution in [1.82, 2.24) is 0 Å². The Morgan fingerprint density at radius 2 is 2.05 bits per heavy atom. The highest BCUT2D eigenvalue weighted by molar-refractivity contribution is 7.98. The van der Waals surface area contributed by atoms with Gasteiger partial charge in [-0.15, -0.1) is 11.8 Å². The second kappa shape index (κ2) is 6.44. The van der Waals surface area contributed by atoms with Gasteiger partial charge in [-0.3, -0.25) is 0 Å². The minimum absolute atomic E-state index is 0.883. The van der Waals surface area contributed by atoms with E-state index in [1.54, 1.807) is 11.8 Å². The van der Waals surface area contributed by atoms with Crippen LogP contribution in [0.15, 0.2) is 47.4 Å². The van der Waals surface area contributed by atoms with Crippen LogP contribution in [0, 0.1) is 0 Å².